The van der Waals surface area contributed by atoms with Crippen molar-refractivity contribution in [2.24, 2.45) is 0 Å². The van der Waals surface area contributed by atoms with Crippen molar-refractivity contribution in [1.29, 1.82) is 0 Å². The lowest BCUT2D eigenvalue weighted by molar-refractivity contribution is 0.215. The van der Waals surface area contributed by atoms with E-state index in [0.717, 1.165) is 11.1 Å². The summed E-state index contributed by atoms with van der Waals surface area (Å²) in [4.78, 5) is 4.21. The van der Waals surface area contributed by atoms with Gasteiger partial charge in [-0.15, -0.1) is 0 Å². The quantitative estimate of drug-likeness (QED) is 0.677. The molecule has 1 aromatic carbocycles. The summed E-state index contributed by atoms with van der Waals surface area (Å²) in [5, 5.41) is 28.4. The fraction of sp³-hybridized carbons (Fsp3) is 0.143. The van der Waals surface area contributed by atoms with E-state index in [4.69, 9.17) is 11.6 Å². The van der Waals surface area contributed by atoms with E-state index >= 15 is 0 Å². The topological polar surface area (TPSA) is 82.0 Å². The minimum absolute atomic E-state index is 0.00841. The number of aromatic amines is 1. The Kier molecular flexibility index (Phi) is 3.08. The van der Waals surface area contributed by atoms with Crippen LogP contribution in [0, 0.1) is 6.92 Å². The van der Waals surface area contributed by atoms with Gasteiger partial charge in [0.25, 0.3) is 0 Å². The number of H-pyrrole nitrogens is 1. The van der Waals surface area contributed by atoms with Crippen LogP contribution in [0.2, 0.25) is 5.02 Å². The number of halogens is 1. The van der Waals surface area contributed by atoms with E-state index in [0.29, 0.717) is 21.8 Å². The maximum atomic E-state index is 10.4. The maximum Gasteiger partial charge on any atom is 0.155 e. The molecule has 0 amide bonds. The number of fused-ring (bicyclic) bond motifs is 1. The molecule has 1 atom stereocenters. The highest BCUT2D eigenvalue weighted by molar-refractivity contribution is 6.30. The Balaban J connectivity index is 2.09. The summed E-state index contributed by atoms with van der Waals surface area (Å²) in [6.45, 7) is 1.85. The zero-order valence-corrected chi connectivity index (χ0v) is 11.4. The second kappa shape index (κ2) is 4.77. The predicted octanol–water partition coefficient (Wildman–Crippen LogP) is 2.71. The maximum absolute atomic E-state index is 10.4. The first kappa shape index (κ1) is 12.9. The van der Waals surface area contributed by atoms with Crippen LogP contribution in [0.3, 0.4) is 0 Å². The Morgan fingerprint density at radius 2 is 2.10 bits per heavy atom. The molecule has 0 radical (unpaired) electrons. The molecule has 5 nitrogen and oxygen atoms in total. The van der Waals surface area contributed by atoms with E-state index in [2.05, 4.69) is 15.2 Å². The Morgan fingerprint density at radius 1 is 1.30 bits per heavy atom. The minimum Gasteiger partial charge on any atom is -0.508 e. The lowest BCUT2D eigenvalue weighted by Crippen LogP contribution is -2.01. The van der Waals surface area contributed by atoms with Gasteiger partial charge in [-0.05, 0) is 31.2 Å². The van der Waals surface area contributed by atoms with Gasteiger partial charge in [-0.25, -0.2) is 4.98 Å². The SMILES string of the molecule is Cc1n[nH]c2ncc(C(O)c3cc(Cl)ccc3O)cc12. The molecule has 0 aliphatic rings. The summed E-state index contributed by atoms with van der Waals surface area (Å²) in [5.41, 5.74) is 2.38. The van der Waals surface area contributed by atoms with Crippen LogP contribution in [-0.4, -0.2) is 25.4 Å². The Morgan fingerprint density at radius 3 is 2.90 bits per heavy atom. The van der Waals surface area contributed by atoms with E-state index in [1.54, 1.807) is 18.3 Å². The van der Waals surface area contributed by atoms with Crippen molar-refractivity contribution in [3.8, 4) is 5.75 Å². The van der Waals surface area contributed by atoms with Crippen molar-refractivity contribution in [2.75, 3.05) is 0 Å². The second-order valence-electron chi connectivity index (χ2n) is 4.58. The minimum atomic E-state index is -1.00. The van der Waals surface area contributed by atoms with Crippen LogP contribution >= 0.6 is 11.6 Å². The van der Waals surface area contributed by atoms with Gasteiger partial charge in [0.15, 0.2) is 5.65 Å². The molecule has 102 valence electrons. The summed E-state index contributed by atoms with van der Waals surface area (Å²) in [6, 6.07) is 6.35. The first-order valence-electron chi connectivity index (χ1n) is 6.03. The van der Waals surface area contributed by atoms with Crippen LogP contribution in [-0.2, 0) is 0 Å². The summed E-state index contributed by atoms with van der Waals surface area (Å²) in [6.07, 6.45) is 0.546. The summed E-state index contributed by atoms with van der Waals surface area (Å²) >= 11 is 5.90. The monoisotopic (exact) mass is 289 g/mol. The number of aliphatic hydroxyl groups excluding tert-OH is 1. The van der Waals surface area contributed by atoms with E-state index in [-0.39, 0.29) is 5.75 Å². The third kappa shape index (κ3) is 2.11. The first-order valence-corrected chi connectivity index (χ1v) is 6.41. The summed E-state index contributed by atoms with van der Waals surface area (Å²) < 4.78 is 0. The highest BCUT2D eigenvalue weighted by Gasteiger charge is 2.17. The van der Waals surface area contributed by atoms with Crippen molar-refractivity contribution < 1.29 is 10.2 Å². The summed E-state index contributed by atoms with van der Waals surface area (Å²) in [5.74, 6) is -0.00841. The zero-order chi connectivity index (χ0) is 14.3. The molecular weight excluding hydrogens is 278 g/mol. The van der Waals surface area contributed by atoms with Crippen molar-refractivity contribution >= 4 is 22.6 Å². The molecule has 0 spiro atoms. The van der Waals surface area contributed by atoms with Gasteiger partial charge in [0.1, 0.15) is 11.9 Å². The van der Waals surface area contributed by atoms with Crippen molar-refractivity contribution in [1.82, 2.24) is 15.2 Å². The van der Waals surface area contributed by atoms with Crippen molar-refractivity contribution in [3.63, 3.8) is 0 Å². The molecule has 0 aliphatic heterocycles. The van der Waals surface area contributed by atoms with E-state index in [1.807, 2.05) is 6.92 Å². The number of aryl methyl sites for hydroxylation is 1. The third-order valence-corrected chi connectivity index (χ3v) is 3.46. The third-order valence-electron chi connectivity index (χ3n) is 3.23. The molecule has 3 rings (SSSR count). The zero-order valence-electron chi connectivity index (χ0n) is 10.6. The molecule has 0 aliphatic carbocycles. The number of hydrogen-bond donors (Lipinski definition) is 3. The van der Waals surface area contributed by atoms with E-state index in [1.165, 1.54) is 12.1 Å². The van der Waals surface area contributed by atoms with Crippen molar-refractivity contribution in [2.45, 2.75) is 13.0 Å². The molecule has 2 aromatic heterocycles. The number of aromatic hydroxyl groups is 1. The van der Waals surface area contributed by atoms with E-state index in [9.17, 15) is 10.2 Å². The molecule has 0 bridgehead atoms. The van der Waals surface area contributed by atoms with Crippen LogP contribution < -0.4 is 0 Å². The van der Waals surface area contributed by atoms with E-state index < -0.39 is 6.10 Å². The standard InChI is InChI=1S/C14H12ClN3O2/c1-7-10-4-8(6-16-14(10)18-17-7)13(20)11-5-9(15)2-3-12(11)19/h2-6,13,19-20H,1H3,(H,16,17,18). The number of pyridine rings is 1. The molecule has 2 heterocycles. The highest BCUT2D eigenvalue weighted by Crippen LogP contribution is 2.32. The van der Waals surface area contributed by atoms with Crippen LogP contribution in [0.4, 0.5) is 0 Å². The molecular formula is C14H12ClN3O2. The van der Waals surface area contributed by atoms with Crippen LogP contribution in [0.25, 0.3) is 11.0 Å². The number of hydrogen-bond acceptors (Lipinski definition) is 4. The van der Waals surface area contributed by atoms with Crippen molar-refractivity contribution in [3.05, 3.63) is 52.3 Å². The van der Waals surface area contributed by atoms with Gasteiger partial charge in [-0.1, -0.05) is 11.6 Å². The molecule has 0 saturated carbocycles. The Hall–Kier alpha value is -2.11. The molecule has 0 saturated heterocycles. The van der Waals surface area contributed by atoms with Gasteiger partial charge < -0.3 is 10.2 Å². The molecule has 3 N–H and O–H groups in total. The number of nitrogens with one attached hydrogen (secondary N) is 1. The van der Waals surface area contributed by atoms with Gasteiger partial charge in [-0.2, -0.15) is 5.10 Å². The smallest absolute Gasteiger partial charge is 0.155 e. The molecule has 0 fully saturated rings. The molecule has 6 heteroatoms. The molecule has 3 aromatic rings. The lowest BCUT2D eigenvalue weighted by atomic mass is 10.0. The van der Waals surface area contributed by atoms with Crippen LogP contribution in [0.1, 0.15) is 22.9 Å². The second-order valence-corrected chi connectivity index (χ2v) is 5.02. The number of aliphatic hydroxyl groups is 1. The van der Waals surface area contributed by atoms with Gasteiger partial charge >= 0.3 is 0 Å². The number of phenols is 1. The van der Waals surface area contributed by atoms with Crippen LogP contribution in [0.5, 0.6) is 5.75 Å². The number of benzene rings is 1. The fourth-order valence-corrected chi connectivity index (χ4v) is 2.30. The average Bonchev–Trinajstić information content (AvgIpc) is 2.82. The number of phenolic OH excluding ortho intramolecular Hbond substituents is 1. The van der Waals surface area contributed by atoms with Crippen LogP contribution in [0.15, 0.2) is 30.5 Å². The van der Waals surface area contributed by atoms with Gasteiger partial charge in [0.05, 0.1) is 5.69 Å². The largest absolute Gasteiger partial charge is 0.508 e. The Labute approximate surface area is 119 Å². The fourth-order valence-electron chi connectivity index (χ4n) is 2.12. The number of aromatic nitrogens is 3. The highest BCUT2D eigenvalue weighted by atomic mass is 35.5. The lowest BCUT2D eigenvalue weighted by Gasteiger charge is -2.13. The predicted molar refractivity (Wildman–Crippen MR) is 75.8 cm³/mol. The van der Waals surface area contributed by atoms with Gasteiger partial charge in [-0.3, -0.25) is 5.10 Å². The molecule has 1 unspecified atom stereocenters. The first-order chi connectivity index (χ1) is 9.56. The van der Waals surface area contributed by atoms with Gasteiger partial charge in [0, 0.05) is 27.7 Å². The van der Waals surface area contributed by atoms with Gasteiger partial charge in [0.2, 0.25) is 0 Å². The Bertz CT molecular complexity index is 785. The number of rotatable bonds is 2. The number of nitrogens with zero attached hydrogens (tertiary/aromatic N) is 2. The average molecular weight is 290 g/mol. The normalized spacial score (nSPS) is 12.8. The summed E-state index contributed by atoms with van der Waals surface area (Å²) in [7, 11) is 0. The molecule has 20 heavy (non-hydrogen) atoms.